The Morgan fingerprint density at radius 2 is 1.14 bits per heavy atom. The molecule has 10 heteroatoms. The van der Waals surface area contributed by atoms with Crippen LogP contribution in [0.1, 0.15) is 132 Å². The van der Waals surface area contributed by atoms with Crippen molar-refractivity contribution in [1.82, 2.24) is 0 Å². The molecule has 1 saturated heterocycles. The summed E-state index contributed by atoms with van der Waals surface area (Å²) in [6, 6.07) is 0. The molecule has 0 aromatic heterocycles. The molecule has 252 valence electrons. The molecule has 2 atom stereocenters. The van der Waals surface area contributed by atoms with E-state index >= 15 is 0 Å². The summed E-state index contributed by atoms with van der Waals surface area (Å²) in [6.07, 6.45) is 15.7. The highest BCUT2D eigenvalue weighted by molar-refractivity contribution is 6.53. The molecule has 9 nitrogen and oxygen atoms in total. The summed E-state index contributed by atoms with van der Waals surface area (Å²) in [5, 5.41) is 0. The minimum Gasteiger partial charge on any atom is -0.379 e. The van der Waals surface area contributed by atoms with Crippen molar-refractivity contribution in [3.05, 3.63) is 0 Å². The third-order valence-electron chi connectivity index (χ3n) is 7.29. The molecule has 1 heterocycles. The van der Waals surface area contributed by atoms with Crippen molar-refractivity contribution in [3.8, 4) is 0 Å². The maximum Gasteiger partial charge on any atom is 0.680 e. The van der Waals surface area contributed by atoms with Crippen molar-refractivity contribution in [2.24, 2.45) is 0 Å². The van der Waals surface area contributed by atoms with Gasteiger partial charge in [-0.25, -0.2) is 0 Å². The third-order valence-corrected chi connectivity index (χ3v) is 9.82. The summed E-state index contributed by atoms with van der Waals surface area (Å²) >= 11 is 0. The quantitative estimate of drug-likeness (QED) is 0.0326. The van der Waals surface area contributed by atoms with Crippen LogP contribution in [-0.2, 0) is 41.4 Å². The number of ether oxygens (including phenoxy) is 5. The molecular weight excluding hydrogens is 556 g/mol. The van der Waals surface area contributed by atoms with Gasteiger partial charge in [-0.2, -0.15) is 0 Å². The highest BCUT2D eigenvalue weighted by Gasteiger charge is 2.53. The van der Waals surface area contributed by atoms with Crippen LogP contribution in [0.3, 0.4) is 0 Å². The summed E-state index contributed by atoms with van der Waals surface area (Å²) in [5.74, 6) is -1.35. The van der Waals surface area contributed by atoms with Gasteiger partial charge in [0.05, 0.1) is 18.8 Å². The van der Waals surface area contributed by atoms with Crippen LogP contribution >= 0.6 is 0 Å². The molecule has 0 aromatic rings. The van der Waals surface area contributed by atoms with Crippen LogP contribution in [0, 0.1) is 0 Å². The molecule has 0 bridgehead atoms. The molecule has 0 N–H and O–H groups in total. The number of unbranched alkanes of at least 4 members (excludes halogenated alkanes) is 9. The van der Waals surface area contributed by atoms with E-state index in [-0.39, 0.29) is 12.7 Å². The van der Waals surface area contributed by atoms with Crippen molar-refractivity contribution in [3.63, 3.8) is 0 Å². The molecule has 1 rings (SSSR count). The third kappa shape index (κ3) is 18.0. The monoisotopic (exact) mass is 622 g/mol. The van der Waals surface area contributed by atoms with E-state index in [1.54, 1.807) is 0 Å². The van der Waals surface area contributed by atoms with Crippen LogP contribution in [0.2, 0.25) is 0 Å². The van der Waals surface area contributed by atoms with Gasteiger partial charge in [-0.1, -0.05) is 71.1 Å². The van der Waals surface area contributed by atoms with Gasteiger partial charge in [0.15, 0.2) is 0 Å². The zero-order chi connectivity index (χ0) is 31.0. The lowest BCUT2D eigenvalue weighted by atomic mass is 9.93. The van der Waals surface area contributed by atoms with Crippen LogP contribution in [0.5, 0.6) is 0 Å². The fourth-order valence-electron chi connectivity index (χ4n) is 5.10. The summed E-state index contributed by atoms with van der Waals surface area (Å²) in [5.41, 5.74) is -0.498. The standard InChI is InChI=1S/C32H66O9Si/c1-8-14-15-16-17-18-19-20-21-22-24-31(7,25-23-26-33-27-30-28-34-30)41-42(38-12-5,39-13-6)40-29-32(35-9-2,36-10-3)37-11-4/h30H,8-29H2,1-7H3. The summed E-state index contributed by atoms with van der Waals surface area (Å²) in [4.78, 5) is 0. The first-order valence-corrected chi connectivity index (χ1v) is 18.7. The second-order valence-corrected chi connectivity index (χ2v) is 13.3. The Hall–Kier alpha value is -0.143. The van der Waals surface area contributed by atoms with E-state index in [0.29, 0.717) is 46.2 Å². The molecule has 1 aliphatic heterocycles. The lowest BCUT2D eigenvalue weighted by Gasteiger charge is -2.40. The topological polar surface area (TPSA) is 86.4 Å². The molecular formula is C32H66O9Si. The molecule has 0 aliphatic carbocycles. The van der Waals surface area contributed by atoms with E-state index in [4.69, 9.17) is 41.4 Å². The lowest BCUT2D eigenvalue weighted by molar-refractivity contribution is -0.389. The fraction of sp³-hybridized carbons (Fsp3) is 1.00. The van der Waals surface area contributed by atoms with E-state index in [0.717, 1.165) is 32.3 Å². The molecule has 2 unspecified atom stereocenters. The Balaban J connectivity index is 2.88. The first-order chi connectivity index (χ1) is 20.4. The van der Waals surface area contributed by atoms with E-state index in [2.05, 4.69) is 13.8 Å². The van der Waals surface area contributed by atoms with Gasteiger partial charge in [0.1, 0.15) is 12.7 Å². The van der Waals surface area contributed by atoms with Crippen LogP contribution in [-0.4, -0.2) is 86.2 Å². The highest BCUT2D eigenvalue weighted by Crippen LogP contribution is 2.32. The van der Waals surface area contributed by atoms with Crippen molar-refractivity contribution < 1.29 is 41.4 Å². The van der Waals surface area contributed by atoms with Crippen molar-refractivity contribution in [2.75, 3.05) is 59.5 Å². The predicted molar refractivity (Wildman–Crippen MR) is 168 cm³/mol. The van der Waals surface area contributed by atoms with E-state index in [1.807, 2.05) is 34.6 Å². The zero-order valence-electron chi connectivity index (χ0n) is 28.3. The summed E-state index contributed by atoms with van der Waals surface area (Å²) < 4.78 is 54.6. The Labute approximate surface area is 259 Å². The number of epoxide rings is 1. The summed E-state index contributed by atoms with van der Waals surface area (Å²) in [6.45, 7) is 18.1. The van der Waals surface area contributed by atoms with Gasteiger partial charge < -0.3 is 41.4 Å². The van der Waals surface area contributed by atoms with Crippen LogP contribution < -0.4 is 0 Å². The van der Waals surface area contributed by atoms with Crippen molar-refractivity contribution in [2.45, 2.75) is 150 Å². The second-order valence-electron chi connectivity index (χ2n) is 11.3. The van der Waals surface area contributed by atoms with Gasteiger partial charge in [-0.05, 0) is 60.8 Å². The molecule has 1 aliphatic rings. The minimum absolute atomic E-state index is 0.0203. The Morgan fingerprint density at radius 3 is 1.62 bits per heavy atom. The van der Waals surface area contributed by atoms with Gasteiger partial charge in [0.2, 0.25) is 0 Å². The van der Waals surface area contributed by atoms with Gasteiger partial charge in [0, 0.05) is 39.6 Å². The normalized spacial score (nSPS) is 17.1. The van der Waals surface area contributed by atoms with E-state index in [9.17, 15) is 0 Å². The van der Waals surface area contributed by atoms with Gasteiger partial charge in [0.25, 0.3) is 0 Å². The number of hydrogen-bond acceptors (Lipinski definition) is 9. The summed E-state index contributed by atoms with van der Waals surface area (Å²) in [7, 11) is -3.60. The van der Waals surface area contributed by atoms with Gasteiger partial charge >= 0.3 is 15.0 Å². The average Bonchev–Trinajstić information content (AvgIpc) is 3.78. The Bertz CT molecular complexity index is 600. The minimum atomic E-state index is -3.60. The number of hydrogen-bond donors (Lipinski definition) is 0. The maximum atomic E-state index is 6.88. The van der Waals surface area contributed by atoms with E-state index in [1.165, 1.54) is 57.8 Å². The molecule has 0 amide bonds. The van der Waals surface area contributed by atoms with Crippen LogP contribution in [0.25, 0.3) is 0 Å². The molecule has 0 spiro atoms. The zero-order valence-corrected chi connectivity index (χ0v) is 29.3. The van der Waals surface area contributed by atoms with Crippen LogP contribution in [0.15, 0.2) is 0 Å². The van der Waals surface area contributed by atoms with Crippen LogP contribution in [0.4, 0.5) is 0 Å². The Kier molecular flexibility index (Phi) is 22.9. The SMILES string of the molecule is CCCCCCCCCCCCC(C)(CCCOCC1CO1)O[Si](OCC)(OCC)OCC(OCC)(OCC)OCC. The largest absolute Gasteiger partial charge is 0.680 e. The maximum absolute atomic E-state index is 6.88. The smallest absolute Gasteiger partial charge is 0.379 e. The van der Waals surface area contributed by atoms with Gasteiger partial charge in [-0.3, -0.25) is 0 Å². The number of rotatable bonds is 32. The first-order valence-electron chi connectivity index (χ1n) is 17.1. The average molecular weight is 623 g/mol. The molecule has 1 fully saturated rings. The Morgan fingerprint density at radius 1 is 0.643 bits per heavy atom. The molecule has 0 aromatic carbocycles. The van der Waals surface area contributed by atoms with E-state index < -0.39 is 20.6 Å². The molecule has 42 heavy (non-hydrogen) atoms. The van der Waals surface area contributed by atoms with Crippen molar-refractivity contribution in [1.29, 1.82) is 0 Å². The molecule has 0 saturated carbocycles. The fourth-order valence-corrected chi connectivity index (χ4v) is 7.39. The first kappa shape index (κ1) is 39.9. The predicted octanol–water partition coefficient (Wildman–Crippen LogP) is 7.56. The second kappa shape index (κ2) is 24.1. The lowest BCUT2D eigenvalue weighted by Crippen LogP contribution is -2.58. The highest BCUT2D eigenvalue weighted by atomic mass is 28.4. The van der Waals surface area contributed by atoms with Crippen molar-refractivity contribution >= 4 is 9.05 Å². The van der Waals surface area contributed by atoms with Gasteiger partial charge in [-0.15, -0.1) is 0 Å². The molecule has 0 radical (unpaired) electrons.